The number of benzene rings is 1. The maximum absolute atomic E-state index is 13.3. The van der Waals surface area contributed by atoms with Crippen LogP contribution in [0.25, 0.3) is 11.4 Å². The van der Waals surface area contributed by atoms with Gasteiger partial charge >= 0.3 is 0 Å². The zero-order chi connectivity index (χ0) is 14.9. The van der Waals surface area contributed by atoms with Gasteiger partial charge in [0, 0.05) is 12.1 Å². The summed E-state index contributed by atoms with van der Waals surface area (Å²) in [5.41, 5.74) is 5.70. The Labute approximate surface area is 114 Å². The molecule has 0 aliphatic rings. The van der Waals surface area contributed by atoms with Gasteiger partial charge in [-0.15, -0.1) is 10.2 Å². The molecule has 0 unspecified atom stereocenters. The Hall–Kier alpha value is -1.89. The predicted octanol–water partition coefficient (Wildman–Crippen LogP) is 2.48. The minimum Gasteiger partial charge on any atom is -0.324 e. The summed E-state index contributed by atoms with van der Waals surface area (Å²) in [5.74, 6) is -2.95. The molecule has 0 saturated heterocycles. The molecule has 7 heteroatoms. The summed E-state index contributed by atoms with van der Waals surface area (Å²) in [4.78, 5) is 0. The molecule has 20 heavy (non-hydrogen) atoms. The number of hydrogen-bond acceptors (Lipinski definition) is 3. The van der Waals surface area contributed by atoms with E-state index in [0.29, 0.717) is 12.4 Å². The van der Waals surface area contributed by atoms with E-state index in [1.165, 1.54) is 0 Å². The van der Waals surface area contributed by atoms with Crippen molar-refractivity contribution >= 4 is 0 Å². The van der Waals surface area contributed by atoms with Gasteiger partial charge in [-0.05, 0) is 18.1 Å². The molecule has 0 atom stereocenters. The van der Waals surface area contributed by atoms with Gasteiger partial charge in [-0.3, -0.25) is 0 Å². The van der Waals surface area contributed by atoms with Crippen LogP contribution in [0.1, 0.15) is 19.7 Å². The number of hydrogen-bond donors (Lipinski definition) is 1. The second-order valence-electron chi connectivity index (χ2n) is 4.90. The molecular weight excluding hydrogens is 269 g/mol. The second-order valence-corrected chi connectivity index (χ2v) is 4.90. The van der Waals surface area contributed by atoms with E-state index in [1.54, 1.807) is 4.57 Å². The Morgan fingerprint density at radius 1 is 1.15 bits per heavy atom. The SMILES string of the molecule is CC(C)Cn1c(CN)nnc1-c1cc(F)c(F)c(F)c1. The Bertz CT molecular complexity index is 599. The fourth-order valence-corrected chi connectivity index (χ4v) is 1.94. The molecule has 0 fully saturated rings. The molecule has 2 rings (SSSR count). The van der Waals surface area contributed by atoms with Gasteiger partial charge in [-0.1, -0.05) is 13.8 Å². The Morgan fingerprint density at radius 2 is 1.75 bits per heavy atom. The third-order valence-electron chi connectivity index (χ3n) is 2.80. The normalized spacial score (nSPS) is 11.3. The molecule has 0 spiro atoms. The highest BCUT2D eigenvalue weighted by Gasteiger charge is 2.18. The van der Waals surface area contributed by atoms with Crippen LogP contribution >= 0.6 is 0 Å². The van der Waals surface area contributed by atoms with Crippen LogP contribution in [-0.2, 0) is 13.1 Å². The van der Waals surface area contributed by atoms with Crippen LogP contribution < -0.4 is 5.73 Å². The van der Waals surface area contributed by atoms with E-state index >= 15 is 0 Å². The maximum Gasteiger partial charge on any atom is 0.194 e. The average molecular weight is 284 g/mol. The lowest BCUT2D eigenvalue weighted by Gasteiger charge is -2.12. The van der Waals surface area contributed by atoms with Crippen LogP contribution in [0.2, 0.25) is 0 Å². The predicted molar refractivity (Wildman–Crippen MR) is 68.1 cm³/mol. The van der Waals surface area contributed by atoms with Crippen molar-refractivity contribution in [2.24, 2.45) is 11.7 Å². The maximum atomic E-state index is 13.3. The minimum atomic E-state index is -1.50. The van der Waals surface area contributed by atoms with Gasteiger partial charge in [0.15, 0.2) is 23.3 Å². The molecule has 0 saturated carbocycles. The lowest BCUT2D eigenvalue weighted by Crippen LogP contribution is -2.13. The van der Waals surface area contributed by atoms with Gasteiger partial charge in [0.1, 0.15) is 5.82 Å². The van der Waals surface area contributed by atoms with Gasteiger partial charge < -0.3 is 10.3 Å². The number of aromatic nitrogens is 3. The highest BCUT2D eigenvalue weighted by atomic mass is 19.2. The van der Waals surface area contributed by atoms with Crippen molar-refractivity contribution in [1.29, 1.82) is 0 Å². The fourth-order valence-electron chi connectivity index (χ4n) is 1.94. The third kappa shape index (κ3) is 2.67. The quantitative estimate of drug-likeness (QED) is 0.877. The van der Waals surface area contributed by atoms with Crippen LogP contribution in [0.15, 0.2) is 12.1 Å². The van der Waals surface area contributed by atoms with Crippen molar-refractivity contribution in [1.82, 2.24) is 14.8 Å². The molecule has 4 nitrogen and oxygen atoms in total. The van der Waals surface area contributed by atoms with Gasteiger partial charge in [0.25, 0.3) is 0 Å². The van der Waals surface area contributed by atoms with E-state index in [9.17, 15) is 13.2 Å². The van der Waals surface area contributed by atoms with E-state index in [2.05, 4.69) is 10.2 Å². The van der Waals surface area contributed by atoms with Crippen molar-refractivity contribution in [2.75, 3.05) is 0 Å². The van der Waals surface area contributed by atoms with Crippen LogP contribution in [0.5, 0.6) is 0 Å². The Morgan fingerprint density at radius 3 is 2.25 bits per heavy atom. The lowest BCUT2D eigenvalue weighted by atomic mass is 10.1. The number of nitrogens with two attached hydrogens (primary N) is 1. The zero-order valence-electron chi connectivity index (χ0n) is 11.2. The Kier molecular flexibility index (Phi) is 4.08. The first-order valence-electron chi connectivity index (χ1n) is 6.21. The van der Waals surface area contributed by atoms with Gasteiger partial charge in [-0.25, -0.2) is 13.2 Å². The second kappa shape index (κ2) is 5.62. The number of rotatable bonds is 4. The highest BCUT2D eigenvalue weighted by molar-refractivity contribution is 5.55. The van der Waals surface area contributed by atoms with Crippen LogP contribution in [-0.4, -0.2) is 14.8 Å². The molecule has 2 aromatic rings. The fraction of sp³-hybridized carbons (Fsp3) is 0.385. The standard InChI is InChI=1S/C13H15F3N4/c1-7(2)6-20-11(5-17)18-19-13(20)8-3-9(14)12(16)10(15)4-8/h3-4,7H,5-6,17H2,1-2H3. The summed E-state index contributed by atoms with van der Waals surface area (Å²) >= 11 is 0. The first-order chi connectivity index (χ1) is 9.43. The van der Waals surface area contributed by atoms with E-state index in [4.69, 9.17) is 5.73 Å². The molecule has 1 aromatic carbocycles. The summed E-state index contributed by atoms with van der Waals surface area (Å²) in [5, 5.41) is 7.79. The first-order valence-corrected chi connectivity index (χ1v) is 6.21. The Balaban J connectivity index is 2.55. The van der Waals surface area contributed by atoms with Crippen LogP contribution in [0, 0.1) is 23.4 Å². The summed E-state index contributed by atoms with van der Waals surface area (Å²) in [6.07, 6.45) is 0. The zero-order valence-corrected chi connectivity index (χ0v) is 11.2. The molecule has 1 aromatic heterocycles. The topological polar surface area (TPSA) is 56.7 Å². The lowest BCUT2D eigenvalue weighted by molar-refractivity contribution is 0.447. The van der Waals surface area contributed by atoms with Gasteiger partial charge in [-0.2, -0.15) is 0 Å². The number of nitrogens with zero attached hydrogens (tertiary/aromatic N) is 3. The van der Waals surface area contributed by atoms with Crippen LogP contribution in [0.3, 0.4) is 0 Å². The van der Waals surface area contributed by atoms with E-state index in [1.807, 2.05) is 13.8 Å². The average Bonchev–Trinajstić information content (AvgIpc) is 2.77. The van der Waals surface area contributed by atoms with Gasteiger partial charge in [0.2, 0.25) is 0 Å². The van der Waals surface area contributed by atoms with Crippen molar-refractivity contribution in [3.63, 3.8) is 0 Å². The summed E-state index contributed by atoms with van der Waals surface area (Å²) in [7, 11) is 0. The van der Waals surface area contributed by atoms with Crippen molar-refractivity contribution in [3.05, 3.63) is 35.4 Å². The van der Waals surface area contributed by atoms with E-state index in [0.717, 1.165) is 12.1 Å². The van der Waals surface area contributed by atoms with E-state index in [-0.39, 0.29) is 23.9 Å². The van der Waals surface area contributed by atoms with E-state index < -0.39 is 17.5 Å². The molecule has 0 aliphatic carbocycles. The third-order valence-corrected chi connectivity index (χ3v) is 2.80. The minimum absolute atomic E-state index is 0.134. The highest BCUT2D eigenvalue weighted by Crippen LogP contribution is 2.23. The smallest absolute Gasteiger partial charge is 0.194 e. The molecule has 0 bridgehead atoms. The molecule has 0 amide bonds. The van der Waals surface area contributed by atoms with Crippen LogP contribution in [0.4, 0.5) is 13.2 Å². The number of halogens is 3. The monoisotopic (exact) mass is 284 g/mol. The molecule has 2 N–H and O–H groups in total. The molecule has 108 valence electrons. The summed E-state index contributed by atoms with van der Waals surface area (Å²) < 4.78 is 41.3. The molecular formula is C13H15F3N4. The molecule has 1 heterocycles. The largest absolute Gasteiger partial charge is 0.324 e. The van der Waals surface area contributed by atoms with Crippen molar-refractivity contribution in [2.45, 2.75) is 26.9 Å². The molecule has 0 aliphatic heterocycles. The first kappa shape index (κ1) is 14.5. The summed E-state index contributed by atoms with van der Waals surface area (Å²) in [6.45, 7) is 4.67. The van der Waals surface area contributed by atoms with Crippen molar-refractivity contribution < 1.29 is 13.2 Å². The summed E-state index contributed by atoms with van der Waals surface area (Å²) in [6, 6.07) is 1.80. The molecule has 0 radical (unpaired) electrons. The van der Waals surface area contributed by atoms with Gasteiger partial charge in [0.05, 0.1) is 6.54 Å². The van der Waals surface area contributed by atoms with Crippen molar-refractivity contribution in [3.8, 4) is 11.4 Å².